The van der Waals surface area contributed by atoms with Crippen LogP contribution in [-0.4, -0.2) is 33.1 Å². The number of rotatable bonds is 5. The van der Waals surface area contributed by atoms with Crippen molar-refractivity contribution in [2.45, 2.75) is 13.0 Å². The van der Waals surface area contributed by atoms with E-state index >= 15 is 0 Å². The smallest absolute Gasteiger partial charge is 0.229 e. The Bertz CT molecular complexity index is 988. The molecule has 7 nitrogen and oxygen atoms in total. The minimum Gasteiger partial charge on any atom is -0.326 e. The van der Waals surface area contributed by atoms with Crippen molar-refractivity contribution in [3.8, 4) is 0 Å². The first-order chi connectivity index (χ1) is 13.6. The van der Waals surface area contributed by atoms with Crippen LogP contribution < -0.4 is 10.2 Å². The Morgan fingerprint density at radius 2 is 2.04 bits per heavy atom. The Hall–Kier alpha value is -3.19. The molecule has 0 unspecified atom stereocenters. The molecule has 142 valence electrons. The number of benzene rings is 2. The number of nitrogens with one attached hydrogen (secondary N) is 1. The third-order valence-electron chi connectivity index (χ3n) is 4.65. The molecule has 0 aliphatic carbocycles. The van der Waals surface area contributed by atoms with Crippen LogP contribution in [0.1, 0.15) is 12.0 Å². The van der Waals surface area contributed by atoms with Crippen LogP contribution in [0.2, 0.25) is 5.02 Å². The molecule has 0 bridgehead atoms. The molecule has 1 atom stereocenters. The van der Waals surface area contributed by atoms with E-state index in [4.69, 9.17) is 11.6 Å². The highest BCUT2D eigenvalue weighted by Crippen LogP contribution is 2.28. The molecule has 0 saturated carbocycles. The van der Waals surface area contributed by atoms with Gasteiger partial charge in [0.25, 0.3) is 0 Å². The highest BCUT2D eigenvalue weighted by molar-refractivity contribution is 6.31. The molecule has 8 heteroatoms. The third-order valence-corrected chi connectivity index (χ3v) is 4.88. The molecule has 4 rings (SSSR count). The van der Waals surface area contributed by atoms with Crippen LogP contribution >= 0.6 is 11.6 Å². The van der Waals surface area contributed by atoms with Crippen LogP contribution in [0.4, 0.5) is 11.4 Å². The van der Waals surface area contributed by atoms with Crippen LogP contribution in [0.25, 0.3) is 0 Å². The summed E-state index contributed by atoms with van der Waals surface area (Å²) < 4.78 is 1.72. The zero-order valence-corrected chi connectivity index (χ0v) is 15.7. The largest absolute Gasteiger partial charge is 0.326 e. The van der Waals surface area contributed by atoms with Crippen LogP contribution in [0, 0.1) is 5.92 Å². The van der Waals surface area contributed by atoms with Crippen LogP contribution in [-0.2, 0) is 16.1 Å². The summed E-state index contributed by atoms with van der Waals surface area (Å²) in [6, 6.07) is 14.6. The lowest BCUT2D eigenvalue weighted by atomic mass is 10.1. The van der Waals surface area contributed by atoms with Crippen molar-refractivity contribution >= 4 is 34.8 Å². The number of hydrogen-bond donors (Lipinski definition) is 1. The minimum absolute atomic E-state index is 0.0782. The molecular weight excluding hydrogens is 378 g/mol. The van der Waals surface area contributed by atoms with Crippen molar-refractivity contribution in [3.05, 3.63) is 71.8 Å². The normalized spacial score (nSPS) is 16.4. The highest BCUT2D eigenvalue weighted by Gasteiger charge is 2.35. The number of halogens is 1. The first-order valence-electron chi connectivity index (χ1n) is 8.86. The lowest BCUT2D eigenvalue weighted by Gasteiger charge is -2.17. The van der Waals surface area contributed by atoms with Crippen LogP contribution in [0.15, 0.2) is 61.2 Å². The van der Waals surface area contributed by atoms with E-state index in [2.05, 4.69) is 15.4 Å². The second-order valence-electron chi connectivity index (χ2n) is 6.66. The van der Waals surface area contributed by atoms with Crippen LogP contribution in [0.3, 0.4) is 0 Å². The van der Waals surface area contributed by atoms with Gasteiger partial charge in [-0.05, 0) is 35.9 Å². The van der Waals surface area contributed by atoms with Crippen molar-refractivity contribution in [2.24, 2.45) is 5.92 Å². The van der Waals surface area contributed by atoms with Crippen molar-refractivity contribution < 1.29 is 9.59 Å². The maximum absolute atomic E-state index is 12.6. The molecule has 2 amide bonds. The maximum Gasteiger partial charge on any atom is 0.229 e. The fraction of sp³-hybridized carbons (Fsp3) is 0.200. The number of carbonyl (C=O) groups excluding carboxylic acids is 2. The van der Waals surface area contributed by atoms with E-state index in [0.29, 0.717) is 29.5 Å². The maximum atomic E-state index is 12.6. The molecule has 1 saturated heterocycles. The second kappa shape index (κ2) is 7.82. The third kappa shape index (κ3) is 4.04. The average molecular weight is 396 g/mol. The molecule has 0 radical (unpaired) electrons. The van der Waals surface area contributed by atoms with E-state index in [9.17, 15) is 9.59 Å². The van der Waals surface area contributed by atoms with Gasteiger partial charge in [0.1, 0.15) is 12.7 Å². The zero-order chi connectivity index (χ0) is 19.5. The summed E-state index contributed by atoms with van der Waals surface area (Å²) in [6.07, 6.45) is 3.32. The van der Waals surface area contributed by atoms with Crippen molar-refractivity contribution in [3.63, 3.8) is 0 Å². The van der Waals surface area contributed by atoms with Gasteiger partial charge >= 0.3 is 0 Å². The van der Waals surface area contributed by atoms with Gasteiger partial charge in [-0.15, -0.1) is 0 Å². The van der Waals surface area contributed by atoms with E-state index < -0.39 is 5.92 Å². The van der Waals surface area contributed by atoms with Gasteiger partial charge in [0.2, 0.25) is 11.8 Å². The molecule has 1 fully saturated rings. The second-order valence-corrected chi connectivity index (χ2v) is 7.10. The number of anilines is 2. The predicted octanol–water partition coefficient (Wildman–Crippen LogP) is 2.97. The molecule has 1 aromatic heterocycles. The zero-order valence-electron chi connectivity index (χ0n) is 15.0. The van der Waals surface area contributed by atoms with E-state index in [0.717, 1.165) is 5.56 Å². The summed E-state index contributed by atoms with van der Waals surface area (Å²) in [6.45, 7) is 0.954. The van der Waals surface area contributed by atoms with Crippen molar-refractivity contribution in [1.82, 2.24) is 14.8 Å². The number of amides is 2. The molecule has 2 aromatic carbocycles. The van der Waals surface area contributed by atoms with Gasteiger partial charge < -0.3 is 10.2 Å². The summed E-state index contributed by atoms with van der Waals surface area (Å²) in [4.78, 5) is 30.5. The standard InChI is InChI=1S/C20H18ClN5O2/c21-16-2-1-3-18(9-16)26-11-15(8-19(26)27)20(28)24-17-6-4-14(5-7-17)10-25-13-22-12-23-25/h1-7,9,12-13,15H,8,10-11H2,(H,24,28)/t15-/m1/s1. The van der Waals surface area contributed by atoms with Gasteiger partial charge in [0.15, 0.2) is 0 Å². The highest BCUT2D eigenvalue weighted by atomic mass is 35.5. The van der Waals surface area contributed by atoms with Gasteiger partial charge in [-0.1, -0.05) is 29.8 Å². The Labute approximate surface area is 166 Å². The Morgan fingerprint density at radius 3 is 2.75 bits per heavy atom. The summed E-state index contributed by atoms with van der Waals surface area (Å²) in [5.74, 6) is -0.645. The molecule has 1 N–H and O–H groups in total. The fourth-order valence-electron chi connectivity index (χ4n) is 3.22. The Kier molecular flexibility index (Phi) is 5.08. The van der Waals surface area contributed by atoms with Gasteiger partial charge in [-0.25, -0.2) is 9.67 Å². The Morgan fingerprint density at radius 1 is 1.21 bits per heavy atom. The predicted molar refractivity (Wildman–Crippen MR) is 106 cm³/mol. The van der Waals surface area contributed by atoms with Gasteiger partial charge in [-0.3, -0.25) is 9.59 Å². The fourth-order valence-corrected chi connectivity index (χ4v) is 3.40. The molecular formula is C20H18ClN5O2. The summed E-state index contributed by atoms with van der Waals surface area (Å²) in [7, 11) is 0. The quantitative estimate of drug-likeness (QED) is 0.720. The van der Waals surface area contributed by atoms with E-state index in [1.807, 2.05) is 30.3 Å². The molecule has 2 heterocycles. The molecule has 3 aromatic rings. The summed E-state index contributed by atoms with van der Waals surface area (Å²) >= 11 is 6.01. The number of nitrogens with zero attached hydrogens (tertiary/aromatic N) is 4. The summed E-state index contributed by atoms with van der Waals surface area (Å²) in [5, 5.41) is 7.52. The topological polar surface area (TPSA) is 80.1 Å². The number of hydrogen-bond acceptors (Lipinski definition) is 4. The van der Waals surface area contributed by atoms with Gasteiger partial charge in [0.05, 0.1) is 12.5 Å². The van der Waals surface area contributed by atoms with Crippen LogP contribution in [0.5, 0.6) is 0 Å². The van der Waals surface area contributed by atoms with E-state index in [1.54, 1.807) is 34.1 Å². The summed E-state index contributed by atoms with van der Waals surface area (Å²) in [5.41, 5.74) is 2.46. The lowest BCUT2D eigenvalue weighted by Crippen LogP contribution is -2.28. The average Bonchev–Trinajstić information content (AvgIpc) is 3.33. The first-order valence-corrected chi connectivity index (χ1v) is 9.24. The van der Waals surface area contributed by atoms with Gasteiger partial charge in [0, 0.05) is 29.4 Å². The van der Waals surface area contributed by atoms with E-state index in [-0.39, 0.29) is 18.2 Å². The van der Waals surface area contributed by atoms with Crippen molar-refractivity contribution in [2.75, 3.05) is 16.8 Å². The monoisotopic (exact) mass is 395 g/mol. The SMILES string of the molecule is O=C(Nc1ccc(Cn2cncn2)cc1)[C@@H]1CC(=O)N(c2cccc(Cl)c2)C1. The molecule has 1 aliphatic rings. The Balaban J connectivity index is 1.38. The number of carbonyl (C=O) groups is 2. The van der Waals surface area contributed by atoms with E-state index in [1.165, 1.54) is 6.33 Å². The first kappa shape index (κ1) is 18.2. The molecule has 0 spiro atoms. The van der Waals surface area contributed by atoms with Crippen molar-refractivity contribution in [1.29, 1.82) is 0 Å². The lowest BCUT2D eigenvalue weighted by molar-refractivity contribution is -0.122. The minimum atomic E-state index is -0.402. The molecule has 28 heavy (non-hydrogen) atoms. The number of aromatic nitrogens is 3. The van der Waals surface area contributed by atoms with Gasteiger partial charge in [-0.2, -0.15) is 5.10 Å². The molecule has 1 aliphatic heterocycles.